The largest absolute Gasteiger partial charge is 0.481 e. The van der Waals surface area contributed by atoms with Crippen LogP contribution in [-0.4, -0.2) is 33.6 Å². The Bertz CT molecular complexity index is 401. The van der Waals surface area contributed by atoms with Crippen LogP contribution in [-0.2, 0) is 9.68 Å². The molecule has 0 saturated heterocycles. The maximum Gasteiger partial charge on any atom is 0.303 e. The van der Waals surface area contributed by atoms with Crippen molar-refractivity contribution in [3.63, 3.8) is 0 Å². The van der Waals surface area contributed by atoms with Gasteiger partial charge in [0.25, 0.3) is 0 Å². The van der Waals surface area contributed by atoms with E-state index >= 15 is 0 Å². The summed E-state index contributed by atoms with van der Waals surface area (Å²) >= 11 is 0. The third-order valence-corrected chi connectivity index (χ3v) is 3.86. The summed E-state index contributed by atoms with van der Waals surface area (Å²) in [6.07, 6.45) is 18.5. The van der Waals surface area contributed by atoms with E-state index in [1.165, 1.54) is 0 Å². The topological polar surface area (TPSA) is 87.0 Å². The minimum Gasteiger partial charge on any atom is -0.481 e. The Hall–Kier alpha value is -1.43. The summed E-state index contributed by atoms with van der Waals surface area (Å²) in [6.45, 7) is 2.13. The summed E-state index contributed by atoms with van der Waals surface area (Å²) in [5.74, 6) is -0.748. The van der Waals surface area contributed by atoms with Crippen molar-refractivity contribution in [2.75, 3.05) is 0 Å². The number of unbranched alkanes of at least 4 members (excludes halogenated alkanes) is 5. The molecule has 0 unspecified atom stereocenters. The van der Waals surface area contributed by atoms with E-state index < -0.39 is 12.1 Å². The van der Waals surface area contributed by atoms with Gasteiger partial charge < -0.3 is 10.2 Å². The Kier molecular flexibility index (Phi) is 16.4. The van der Waals surface area contributed by atoms with Gasteiger partial charge >= 0.3 is 5.97 Å². The summed E-state index contributed by atoms with van der Waals surface area (Å²) in [5.41, 5.74) is 0. The molecule has 0 aromatic carbocycles. The molecule has 0 saturated carbocycles. The van der Waals surface area contributed by atoms with Crippen LogP contribution in [0.3, 0.4) is 0 Å². The van der Waals surface area contributed by atoms with Crippen LogP contribution in [0.25, 0.3) is 0 Å². The number of carboxylic acid groups (broad SMARTS) is 1. The number of allylic oxidation sites excluding steroid dienone is 4. The van der Waals surface area contributed by atoms with Gasteiger partial charge in [0.1, 0.15) is 6.10 Å². The molecule has 25 heavy (non-hydrogen) atoms. The highest BCUT2D eigenvalue weighted by atomic mass is 17.1. The second kappa shape index (κ2) is 17.4. The Morgan fingerprint density at radius 1 is 0.920 bits per heavy atom. The van der Waals surface area contributed by atoms with Gasteiger partial charge in [0.05, 0.1) is 6.10 Å². The average molecular weight is 354 g/mol. The van der Waals surface area contributed by atoms with Gasteiger partial charge in [-0.1, -0.05) is 81.9 Å². The number of aliphatic hydroxyl groups excluding tert-OH is 1. The average Bonchev–Trinajstić information content (AvgIpc) is 2.59. The molecule has 0 radical (unpaired) electrons. The van der Waals surface area contributed by atoms with Gasteiger partial charge in [-0.2, -0.15) is 0 Å². The third kappa shape index (κ3) is 17.2. The summed E-state index contributed by atoms with van der Waals surface area (Å²) in [6, 6.07) is 0. The lowest BCUT2D eigenvalue weighted by atomic mass is 10.1. The smallest absolute Gasteiger partial charge is 0.303 e. The normalized spacial score (nSPS) is 14.7. The van der Waals surface area contributed by atoms with E-state index in [1.807, 2.05) is 24.3 Å². The number of carboxylic acids is 1. The molecule has 0 aliphatic heterocycles. The van der Waals surface area contributed by atoms with Crippen LogP contribution < -0.4 is 0 Å². The lowest BCUT2D eigenvalue weighted by molar-refractivity contribution is -0.267. The molecule has 0 fully saturated rings. The molecule has 5 heteroatoms. The number of rotatable bonds is 16. The SMILES string of the molecule is CCCCC[C@@H](C=CC=CC=C[C@@H](O)CCCCCCC(=O)O)OO. The molecular weight excluding hydrogens is 320 g/mol. The zero-order chi connectivity index (χ0) is 18.8. The highest BCUT2D eigenvalue weighted by molar-refractivity contribution is 5.66. The molecule has 3 N–H and O–H groups in total. The van der Waals surface area contributed by atoms with Crippen molar-refractivity contribution >= 4 is 5.97 Å². The summed E-state index contributed by atoms with van der Waals surface area (Å²) in [7, 11) is 0. The van der Waals surface area contributed by atoms with E-state index in [2.05, 4.69) is 11.8 Å². The number of hydrogen-bond acceptors (Lipinski definition) is 4. The maximum atomic E-state index is 10.4. The highest BCUT2D eigenvalue weighted by Gasteiger charge is 2.02. The molecule has 0 amide bonds. The predicted octanol–water partition coefficient (Wildman–Crippen LogP) is 4.88. The van der Waals surface area contributed by atoms with Crippen LogP contribution in [0.4, 0.5) is 0 Å². The highest BCUT2D eigenvalue weighted by Crippen LogP contribution is 2.09. The summed E-state index contributed by atoms with van der Waals surface area (Å²) in [4.78, 5) is 14.8. The zero-order valence-electron chi connectivity index (χ0n) is 15.3. The quantitative estimate of drug-likeness (QED) is 0.159. The number of carbonyl (C=O) groups is 1. The van der Waals surface area contributed by atoms with Gasteiger partial charge in [0.15, 0.2) is 0 Å². The van der Waals surface area contributed by atoms with Crippen molar-refractivity contribution in [2.45, 2.75) is 83.3 Å². The van der Waals surface area contributed by atoms with Crippen molar-refractivity contribution in [2.24, 2.45) is 0 Å². The van der Waals surface area contributed by atoms with Gasteiger partial charge in [-0.25, -0.2) is 4.89 Å². The van der Waals surface area contributed by atoms with E-state index in [9.17, 15) is 9.90 Å². The van der Waals surface area contributed by atoms with Gasteiger partial charge in [-0.05, 0) is 19.3 Å². The first kappa shape index (κ1) is 23.6. The van der Waals surface area contributed by atoms with Crippen LogP contribution in [0.2, 0.25) is 0 Å². The van der Waals surface area contributed by atoms with Gasteiger partial charge in [-0.15, -0.1) is 0 Å². The first-order valence-corrected chi connectivity index (χ1v) is 9.31. The number of aliphatic carboxylic acids is 1. The molecule has 0 aromatic heterocycles. The van der Waals surface area contributed by atoms with Gasteiger partial charge in [0.2, 0.25) is 0 Å². The molecule has 0 rings (SSSR count). The maximum absolute atomic E-state index is 10.4. The van der Waals surface area contributed by atoms with E-state index in [-0.39, 0.29) is 12.5 Å². The molecule has 0 bridgehead atoms. The summed E-state index contributed by atoms with van der Waals surface area (Å²) < 4.78 is 0. The van der Waals surface area contributed by atoms with Gasteiger partial charge in [0, 0.05) is 6.42 Å². The van der Waals surface area contributed by atoms with Crippen LogP contribution >= 0.6 is 0 Å². The molecule has 5 nitrogen and oxygen atoms in total. The monoisotopic (exact) mass is 354 g/mol. The van der Waals surface area contributed by atoms with E-state index in [0.29, 0.717) is 12.8 Å². The van der Waals surface area contributed by atoms with Crippen molar-refractivity contribution < 1.29 is 25.2 Å². The number of hydrogen-bond donors (Lipinski definition) is 3. The second-order valence-corrected chi connectivity index (χ2v) is 6.21. The van der Waals surface area contributed by atoms with E-state index in [4.69, 9.17) is 10.4 Å². The number of aliphatic hydroxyl groups is 1. The Balaban J connectivity index is 3.79. The third-order valence-electron chi connectivity index (χ3n) is 3.86. The van der Waals surface area contributed by atoms with Crippen LogP contribution in [0, 0.1) is 0 Å². The first-order chi connectivity index (χ1) is 12.1. The fraction of sp³-hybridized carbons (Fsp3) is 0.650. The predicted molar refractivity (Wildman–Crippen MR) is 100 cm³/mol. The lowest BCUT2D eigenvalue weighted by Crippen LogP contribution is -2.06. The molecule has 0 aliphatic rings. The fourth-order valence-corrected chi connectivity index (χ4v) is 2.37. The molecule has 0 spiro atoms. The molecule has 0 aromatic rings. The zero-order valence-corrected chi connectivity index (χ0v) is 15.3. The van der Waals surface area contributed by atoms with Crippen LogP contribution in [0.15, 0.2) is 36.5 Å². The molecule has 0 heterocycles. The Labute approximate surface area is 151 Å². The fourth-order valence-electron chi connectivity index (χ4n) is 2.37. The molecule has 144 valence electrons. The van der Waals surface area contributed by atoms with Crippen molar-refractivity contribution in [3.8, 4) is 0 Å². The van der Waals surface area contributed by atoms with E-state index in [1.54, 1.807) is 12.2 Å². The van der Waals surface area contributed by atoms with Crippen molar-refractivity contribution in [1.82, 2.24) is 0 Å². The second-order valence-electron chi connectivity index (χ2n) is 6.21. The van der Waals surface area contributed by atoms with E-state index in [0.717, 1.165) is 44.9 Å². The van der Waals surface area contributed by atoms with Crippen molar-refractivity contribution in [1.29, 1.82) is 0 Å². The first-order valence-electron chi connectivity index (χ1n) is 9.31. The minimum absolute atomic E-state index is 0.224. The summed E-state index contributed by atoms with van der Waals surface area (Å²) in [5, 5.41) is 27.2. The van der Waals surface area contributed by atoms with Crippen LogP contribution in [0.1, 0.15) is 71.1 Å². The molecular formula is C20H34O5. The van der Waals surface area contributed by atoms with Crippen molar-refractivity contribution in [3.05, 3.63) is 36.5 Å². The Morgan fingerprint density at radius 3 is 2.20 bits per heavy atom. The van der Waals surface area contributed by atoms with Gasteiger partial charge in [-0.3, -0.25) is 10.1 Å². The minimum atomic E-state index is -0.748. The Morgan fingerprint density at radius 2 is 1.56 bits per heavy atom. The standard InChI is InChI=1S/C20H34O5/c1-2-3-8-15-19(25-24)16-11-6-4-9-13-18(21)14-10-5-7-12-17-20(22)23/h4,6,9,11,13,16,18-19,21,24H,2-3,5,7-8,10,12,14-15,17H2,1H3,(H,22,23)/t18-,19+/m1/s1. The molecule has 0 aliphatic carbocycles. The lowest BCUT2D eigenvalue weighted by Gasteiger charge is -2.07. The van der Waals surface area contributed by atoms with Crippen LogP contribution in [0.5, 0.6) is 0 Å². The molecule has 2 atom stereocenters.